The lowest BCUT2D eigenvalue weighted by molar-refractivity contribution is 0.232. The molecule has 1 fully saturated rings. The van der Waals surface area contributed by atoms with E-state index in [1.165, 1.54) is 37.9 Å². The molecule has 4 nitrogen and oxygen atoms in total. The number of nitrogens with zero attached hydrogens (tertiary/aromatic N) is 2. The molecular weight excluding hydrogens is 246 g/mol. The minimum atomic E-state index is 0.502. The van der Waals surface area contributed by atoms with Crippen molar-refractivity contribution in [3.8, 4) is 0 Å². The first-order valence-electron chi connectivity index (χ1n) is 6.67. The van der Waals surface area contributed by atoms with E-state index in [0.717, 1.165) is 17.4 Å². The molecule has 18 heavy (non-hydrogen) atoms. The molecular formula is C13H19N3OS. The predicted molar refractivity (Wildman–Crippen MR) is 73.6 cm³/mol. The summed E-state index contributed by atoms with van der Waals surface area (Å²) in [5.41, 5.74) is 1.43. The number of aromatic nitrogens is 1. The molecule has 1 aromatic heterocycles. The maximum atomic E-state index is 4.81. The van der Waals surface area contributed by atoms with Crippen LogP contribution in [0.15, 0.2) is 21.8 Å². The van der Waals surface area contributed by atoms with Crippen LogP contribution in [0.4, 0.5) is 0 Å². The van der Waals surface area contributed by atoms with E-state index in [-0.39, 0.29) is 0 Å². The second-order valence-corrected chi connectivity index (χ2v) is 6.28. The standard InChI is InChI=1S/C13H19N3OS/c1-2-5-13(6-3-1)9-15-12(18-10-13)14-8-11-4-7-17-16-11/h4,7H,1-3,5-6,8-10H2,(H,14,15). The van der Waals surface area contributed by atoms with Crippen LogP contribution in [0.3, 0.4) is 0 Å². The molecule has 0 radical (unpaired) electrons. The van der Waals surface area contributed by atoms with E-state index < -0.39 is 0 Å². The van der Waals surface area contributed by atoms with Gasteiger partial charge in [0.1, 0.15) is 12.0 Å². The Bertz CT molecular complexity index is 410. The Kier molecular flexibility index (Phi) is 3.59. The summed E-state index contributed by atoms with van der Waals surface area (Å²) < 4.78 is 4.81. The lowest BCUT2D eigenvalue weighted by atomic mass is 9.75. The lowest BCUT2D eigenvalue weighted by Gasteiger charge is -2.38. The largest absolute Gasteiger partial charge is 0.364 e. The molecule has 0 aromatic carbocycles. The van der Waals surface area contributed by atoms with Gasteiger partial charge in [-0.3, -0.25) is 4.99 Å². The summed E-state index contributed by atoms with van der Waals surface area (Å²) in [6.45, 7) is 1.70. The van der Waals surface area contributed by atoms with Crippen molar-refractivity contribution in [1.82, 2.24) is 10.5 Å². The van der Waals surface area contributed by atoms with E-state index in [9.17, 15) is 0 Å². The quantitative estimate of drug-likeness (QED) is 0.893. The molecule has 1 aromatic rings. The molecule has 0 atom stereocenters. The van der Waals surface area contributed by atoms with Crippen molar-refractivity contribution < 1.29 is 4.52 Å². The van der Waals surface area contributed by atoms with E-state index in [4.69, 9.17) is 9.52 Å². The molecule has 2 heterocycles. The van der Waals surface area contributed by atoms with Crippen molar-refractivity contribution in [2.45, 2.75) is 38.6 Å². The average molecular weight is 265 g/mol. The summed E-state index contributed by atoms with van der Waals surface area (Å²) >= 11 is 1.87. The molecule has 1 saturated carbocycles. The highest BCUT2D eigenvalue weighted by molar-refractivity contribution is 8.13. The Morgan fingerprint density at radius 2 is 2.22 bits per heavy atom. The molecule has 98 valence electrons. The van der Waals surface area contributed by atoms with Crippen LogP contribution in [-0.4, -0.2) is 22.6 Å². The number of aliphatic imine (C=N–C) groups is 1. The maximum absolute atomic E-state index is 4.81. The van der Waals surface area contributed by atoms with Crippen molar-refractivity contribution in [1.29, 1.82) is 0 Å². The van der Waals surface area contributed by atoms with E-state index in [2.05, 4.69) is 10.5 Å². The van der Waals surface area contributed by atoms with Gasteiger partial charge in [-0.25, -0.2) is 0 Å². The fourth-order valence-electron chi connectivity index (χ4n) is 2.76. The van der Waals surface area contributed by atoms with Crippen molar-refractivity contribution in [2.75, 3.05) is 12.3 Å². The van der Waals surface area contributed by atoms with Gasteiger partial charge in [-0.2, -0.15) is 0 Å². The highest BCUT2D eigenvalue weighted by atomic mass is 32.2. The Labute approximate surface area is 112 Å². The zero-order valence-electron chi connectivity index (χ0n) is 10.5. The molecule has 0 bridgehead atoms. The number of hydrogen-bond acceptors (Lipinski definition) is 5. The third kappa shape index (κ3) is 2.71. The molecule has 1 aliphatic carbocycles. The van der Waals surface area contributed by atoms with E-state index in [1.54, 1.807) is 6.26 Å². The monoisotopic (exact) mass is 265 g/mol. The molecule has 3 rings (SSSR count). The highest BCUT2D eigenvalue weighted by Gasteiger charge is 2.34. The SMILES string of the molecule is c1cc(CNC2=NCC3(CCCCC3)CS2)no1. The van der Waals surface area contributed by atoms with E-state index >= 15 is 0 Å². The molecule has 2 aliphatic rings. The zero-order chi connectivity index (χ0) is 12.3. The summed E-state index contributed by atoms with van der Waals surface area (Å²) in [7, 11) is 0. The second-order valence-electron chi connectivity index (χ2n) is 5.32. The van der Waals surface area contributed by atoms with Crippen LogP contribution < -0.4 is 5.32 Å². The van der Waals surface area contributed by atoms with Crippen LogP contribution in [0.5, 0.6) is 0 Å². The van der Waals surface area contributed by atoms with Crippen molar-refractivity contribution >= 4 is 16.9 Å². The lowest BCUT2D eigenvalue weighted by Crippen LogP contribution is -2.36. The average Bonchev–Trinajstić information content (AvgIpc) is 2.93. The minimum absolute atomic E-state index is 0.502. The van der Waals surface area contributed by atoms with Crippen molar-refractivity contribution in [3.05, 3.63) is 18.0 Å². The fraction of sp³-hybridized carbons (Fsp3) is 0.692. The van der Waals surface area contributed by atoms with Gasteiger partial charge in [0.2, 0.25) is 0 Å². The number of amidine groups is 1. The van der Waals surface area contributed by atoms with Crippen LogP contribution in [0.2, 0.25) is 0 Å². The van der Waals surface area contributed by atoms with Gasteiger partial charge >= 0.3 is 0 Å². The number of rotatable bonds is 2. The summed E-state index contributed by atoms with van der Waals surface area (Å²) in [5.74, 6) is 1.22. The predicted octanol–water partition coefficient (Wildman–Crippen LogP) is 2.82. The second kappa shape index (κ2) is 5.34. The van der Waals surface area contributed by atoms with E-state index in [0.29, 0.717) is 12.0 Å². The van der Waals surface area contributed by atoms with Crippen LogP contribution in [0, 0.1) is 5.41 Å². The van der Waals surface area contributed by atoms with Gasteiger partial charge < -0.3 is 9.84 Å². The van der Waals surface area contributed by atoms with Crippen LogP contribution in [-0.2, 0) is 6.54 Å². The summed E-state index contributed by atoms with van der Waals surface area (Å²) in [6, 6.07) is 1.88. The summed E-state index contributed by atoms with van der Waals surface area (Å²) in [6.07, 6.45) is 8.51. The maximum Gasteiger partial charge on any atom is 0.156 e. The first-order chi connectivity index (χ1) is 8.86. The number of thioether (sulfide) groups is 1. The third-order valence-electron chi connectivity index (χ3n) is 3.90. The third-order valence-corrected chi connectivity index (χ3v) is 5.20. The van der Waals surface area contributed by atoms with Gasteiger partial charge in [-0.1, -0.05) is 36.2 Å². The van der Waals surface area contributed by atoms with Gasteiger partial charge in [-0.15, -0.1) is 0 Å². The Morgan fingerprint density at radius 1 is 1.33 bits per heavy atom. The Hall–Kier alpha value is -0.970. The smallest absolute Gasteiger partial charge is 0.156 e. The molecule has 1 aliphatic heterocycles. The normalized spacial score (nSPS) is 22.8. The first-order valence-corrected chi connectivity index (χ1v) is 7.65. The molecule has 0 amide bonds. The zero-order valence-corrected chi connectivity index (χ0v) is 11.3. The van der Waals surface area contributed by atoms with Gasteiger partial charge in [0.25, 0.3) is 0 Å². The van der Waals surface area contributed by atoms with Crippen LogP contribution in [0.1, 0.15) is 37.8 Å². The molecule has 1 N–H and O–H groups in total. The topological polar surface area (TPSA) is 50.4 Å². The Balaban J connectivity index is 1.53. The van der Waals surface area contributed by atoms with Crippen molar-refractivity contribution in [3.63, 3.8) is 0 Å². The van der Waals surface area contributed by atoms with Gasteiger partial charge in [0, 0.05) is 18.4 Å². The van der Waals surface area contributed by atoms with E-state index in [1.807, 2.05) is 17.8 Å². The minimum Gasteiger partial charge on any atom is -0.364 e. The van der Waals surface area contributed by atoms with Crippen molar-refractivity contribution in [2.24, 2.45) is 10.4 Å². The first kappa shape index (κ1) is 12.1. The van der Waals surface area contributed by atoms with Gasteiger partial charge in [0.05, 0.1) is 6.54 Å². The molecule has 5 heteroatoms. The molecule has 0 unspecified atom stereocenters. The summed E-state index contributed by atoms with van der Waals surface area (Å²) in [4.78, 5) is 4.72. The fourth-order valence-corrected chi connectivity index (χ4v) is 3.91. The van der Waals surface area contributed by atoms with Crippen LogP contribution in [0.25, 0.3) is 0 Å². The summed E-state index contributed by atoms with van der Waals surface area (Å²) in [5, 5.41) is 8.28. The Morgan fingerprint density at radius 3 is 2.89 bits per heavy atom. The molecule has 1 spiro atoms. The van der Waals surface area contributed by atoms with Gasteiger partial charge in [-0.05, 0) is 18.3 Å². The van der Waals surface area contributed by atoms with Crippen LogP contribution >= 0.6 is 11.8 Å². The molecule has 0 saturated heterocycles. The number of nitrogens with one attached hydrogen (secondary N) is 1. The van der Waals surface area contributed by atoms with Gasteiger partial charge in [0.15, 0.2) is 5.17 Å². The number of hydrogen-bond donors (Lipinski definition) is 1. The highest BCUT2D eigenvalue weighted by Crippen LogP contribution is 2.41.